The van der Waals surface area contributed by atoms with E-state index in [2.05, 4.69) is 31.2 Å². The molecule has 4 rings (SSSR count). The summed E-state index contributed by atoms with van der Waals surface area (Å²) >= 11 is 0. The Hall–Kier alpha value is -1.22. The predicted octanol–water partition coefficient (Wildman–Crippen LogP) is 7.83. The SMILES string of the molecule is CC1CCC(C2CCC(c3ccc(C4CCC(C=C(F)F)CC4)cc3)CO2)CC1. The molecule has 0 amide bonds. The van der Waals surface area contributed by atoms with E-state index in [9.17, 15) is 8.78 Å². The molecule has 0 bridgehead atoms. The van der Waals surface area contributed by atoms with Crippen LogP contribution in [0.2, 0.25) is 0 Å². The quantitative estimate of drug-likeness (QED) is 0.498. The second-order valence-corrected chi connectivity index (χ2v) is 9.90. The fraction of sp³-hybridized carbons (Fsp3) is 0.692. The van der Waals surface area contributed by atoms with Crippen LogP contribution in [0, 0.1) is 17.8 Å². The van der Waals surface area contributed by atoms with Gasteiger partial charge in [-0.1, -0.05) is 44.0 Å². The molecule has 1 saturated heterocycles. The molecule has 3 fully saturated rings. The largest absolute Gasteiger partial charge is 0.377 e. The minimum atomic E-state index is -1.52. The van der Waals surface area contributed by atoms with E-state index in [1.54, 1.807) is 0 Å². The Morgan fingerprint density at radius 1 is 0.793 bits per heavy atom. The van der Waals surface area contributed by atoms with Crippen LogP contribution in [-0.4, -0.2) is 12.7 Å². The highest BCUT2D eigenvalue weighted by Gasteiger charge is 2.31. The molecule has 0 radical (unpaired) electrons. The van der Waals surface area contributed by atoms with Crippen molar-refractivity contribution in [3.05, 3.63) is 47.5 Å². The normalized spacial score (nSPS) is 35.8. The van der Waals surface area contributed by atoms with E-state index in [1.165, 1.54) is 49.7 Å². The van der Waals surface area contributed by atoms with Crippen LogP contribution in [0.25, 0.3) is 0 Å². The molecule has 2 atom stereocenters. The van der Waals surface area contributed by atoms with Crippen molar-refractivity contribution < 1.29 is 13.5 Å². The summed E-state index contributed by atoms with van der Waals surface area (Å²) in [5, 5.41) is 0. The smallest absolute Gasteiger partial charge is 0.266 e. The average molecular weight is 403 g/mol. The molecule has 1 heterocycles. The first-order chi connectivity index (χ1) is 14.1. The summed E-state index contributed by atoms with van der Waals surface area (Å²) in [5.41, 5.74) is 2.78. The number of rotatable bonds is 4. The maximum Gasteiger partial charge on any atom is 0.266 e. The van der Waals surface area contributed by atoms with Crippen molar-refractivity contribution in [3.8, 4) is 0 Å². The summed E-state index contributed by atoms with van der Waals surface area (Å²) in [6.07, 6.45) is 11.8. The van der Waals surface area contributed by atoms with Crippen molar-refractivity contribution >= 4 is 0 Å². The zero-order chi connectivity index (χ0) is 20.2. The van der Waals surface area contributed by atoms with Crippen LogP contribution < -0.4 is 0 Å². The van der Waals surface area contributed by atoms with Crippen molar-refractivity contribution in [2.45, 2.75) is 89.1 Å². The summed E-state index contributed by atoms with van der Waals surface area (Å²) in [4.78, 5) is 0. The molecule has 3 aliphatic rings. The number of allylic oxidation sites excluding steroid dienone is 1. The van der Waals surface area contributed by atoms with Gasteiger partial charge < -0.3 is 4.74 Å². The Bertz CT molecular complexity index is 654. The summed E-state index contributed by atoms with van der Waals surface area (Å²) < 4.78 is 31.3. The highest BCUT2D eigenvalue weighted by Crippen LogP contribution is 2.39. The molecule has 0 aromatic heterocycles. The van der Waals surface area contributed by atoms with Gasteiger partial charge in [0, 0.05) is 5.92 Å². The van der Waals surface area contributed by atoms with Crippen LogP contribution in [0.15, 0.2) is 36.4 Å². The third kappa shape index (κ3) is 5.48. The Kier molecular flexibility index (Phi) is 7.05. The molecule has 1 aromatic carbocycles. The van der Waals surface area contributed by atoms with Crippen LogP contribution in [-0.2, 0) is 4.74 Å². The highest BCUT2D eigenvalue weighted by molar-refractivity contribution is 5.28. The molecular weight excluding hydrogens is 366 g/mol. The predicted molar refractivity (Wildman–Crippen MR) is 114 cm³/mol. The van der Waals surface area contributed by atoms with Crippen LogP contribution in [0.3, 0.4) is 0 Å². The van der Waals surface area contributed by atoms with E-state index in [1.807, 2.05) is 0 Å². The van der Waals surface area contributed by atoms with E-state index in [4.69, 9.17) is 4.74 Å². The van der Waals surface area contributed by atoms with Gasteiger partial charge in [0.1, 0.15) is 0 Å². The van der Waals surface area contributed by atoms with E-state index >= 15 is 0 Å². The molecule has 2 saturated carbocycles. The Morgan fingerprint density at radius 2 is 1.38 bits per heavy atom. The second-order valence-electron chi connectivity index (χ2n) is 9.90. The van der Waals surface area contributed by atoms with E-state index in [0.29, 0.717) is 17.9 Å². The standard InChI is InChI=1S/C26H36F2O/c1-18-2-6-23(7-3-18)25-15-14-24(17-29-25)22-12-10-21(11-13-22)20-8-4-19(5-9-20)16-26(27)28/h10-13,16,18-20,23-25H,2-9,14-15,17H2,1H3. The number of ether oxygens (including phenoxy) is 1. The fourth-order valence-corrected chi connectivity index (χ4v) is 5.90. The molecule has 1 nitrogen and oxygen atoms in total. The molecule has 1 aliphatic heterocycles. The minimum absolute atomic E-state index is 0.0650. The lowest BCUT2D eigenvalue weighted by atomic mass is 9.77. The Labute approximate surface area is 174 Å². The second kappa shape index (κ2) is 9.73. The zero-order valence-corrected chi connectivity index (χ0v) is 17.8. The monoisotopic (exact) mass is 402 g/mol. The van der Waals surface area contributed by atoms with Crippen molar-refractivity contribution in [1.29, 1.82) is 0 Å². The van der Waals surface area contributed by atoms with Gasteiger partial charge in [-0.3, -0.25) is 0 Å². The molecule has 1 aromatic rings. The van der Waals surface area contributed by atoms with Crippen LogP contribution >= 0.6 is 0 Å². The van der Waals surface area contributed by atoms with Crippen molar-refractivity contribution in [1.82, 2.24) is 0 Å². The van der Waals surface area contributed by atoms with Crippen molar-refractivity contribution in [2.24, 2.45) is 17.8 Å². The lowest BCUT2D eigenvalue weighted by Crippen LogP contribution is -2.33. The van der Waals surface area contributed by atoms with Crippen molar-refractivity contribution in [3.63, 3.8) is 0 Å². The lowest BCUT2D eigenvalue weighted by molar-refractivity contribution is -0.0427. The van der Waals surface area contributed by atoms with Gasteiger partial charge in [0.2, 0.25) is 0 Å². The third-order valence-electron chi connectivity index (χ3n) is 7.91. The van der Waals surface area contributed by atoms with Gasteiger partial charge in [0.15, 0.2) is 0 Å². The fourth-order valence-electron chi connectivity index (χ4n) is 5.90. The lowest BCUT2D eigenvalue weighted by Gasteiger charge is -2.37. The van der Waals surface area contributed by atoms with Crippen LogP contribution in [0.5, 0.6) is 0 Å². The molecule has 0 N–H and O–H groups in total. The van der Waals surface area contributed by atoms with Gasteiger partial charge in [0.25, 0.3) is 6.08 Å². The molecule has 29 heavy (non-hydrogen) atoms. The minimum Gasteiger partial charge on any atom is -0.377 e. The summed E-state index contributed by atoms with van der Waals surface area (Å²) in [7, 11) is 0. The molecule has 3 heteroatoms. The van der Waals surface area contributed by atoms with E-state index < -0.39 is 6.08 Å². The molecule has 2 aliphatic carbocycles. The summed E-state index contributed by atoms with van der Waals surface area (Å²) in [5.74, 6) is 2.80. The number of hydrogen-bond donors (Lipinski definition) is 0. The molecule has 0 spiro atoms. The first-order valence-corrected chi connectivity index (χ1v) is 11.8. The first kappa shape index (κ1) is 21.0. The highest BCUT2D eigenvalue weighted by atomic mass is 19.3. The van der Waals surface area contributed by atoms with Gasteiger partial charge in [-0.2, -0.15) is 8.78 Å². The molecule has 2 unspecified atom stereocenters. The number of benzene rings is 1. The number of halogens is 2. The van der Waals surface area contributed by atoms with E-state index in [0.717, 1.165) is 50.2 Å². The average Bonchev–Trinajstić information content (AvgIpc) is 2.75. The topological polar surface area (TPSA) is 9.23 Å². The summed E-state index contributed by atoms with van der Waals surface area (Å²) in [6.45, 7) is 3.24. The van der Waals surface area contributed by atoms with Gasteiger partial charge in [0.05, 0.1) is 12.7 Å². The Balaban J connectivity index is 1.26. The van der Waals surface area contributed by atoms with Crippen LogP contribution in [0.1, 0.15) is 94.1 Å². The Morgan fingerprint density at radius 3 is 1.93 bits per heavy atom. The van der Waals surface area contributed by atoms with Crippen LogP contribution in [0.4, 0.5) is 8.78 Å². The van der Waals surface area contributed by atoms with Gasteiger partial charge >= 0.3 is 0 Å². The summed E-state index contributed by atoms with van der Waals surface area (Å²) in [6, 6.07) is 9.14. The molecular formula is C26H36F2O. The van der Waals surface area contributed by atoms with Gasteiger partial charge in [-0.05, 0) is 92.2 Å². The molecule has 160 valence electrons. The first-order valence-electron chi connectivity index (χ1n) is 11.8. The van der Waals surface area contributed by atoms with Gasteiger partial charge in [-0.25, -0.2) is 0 Å². The van der Waals surface area contributed by atoms with E-state index in [-0.39, 0.29) is 5.92 Å². The number of hydrogen-bond acceptors (Lipinski definition) is 1. The maximum absolute atomic E-state index is 12.5. The maximum atomic E-state index is 12.5. The van der Waals surface area contributed by atoms with Gasteiger partial charge in [-0.15, -0.1) is 0 Å². The van der Waals surface area contributed by atoms with Crippen molar-refractivity contribution in [2.75, 3.05) is 6.61 Å². The zero-order valence-electron chi connectivity index (χ0n) is 17.8. The third-order valence-corrected chi connectivity index (χ3v) is 7.91.